The monoisotopic (exact) mass is 318 g/mol. The Morgan fingerprint density at radius 2 is 1.91 bits per heavy atom. The van der Waals surface area contributed by atoms with Crippen LogP contribution >= 0.6 is 0 Å². The molecular formula is C17H19FN2O3. The van der Waals surface area contributed by atoms with Gasteiger partial charge >= 0.3 is 0 Å². The molecule has 0 aliphatic heterocycles. The van der Waals surface area contributed by atoms with Crippen molar-refractivity contribution in [1.29, 1.82) is 0 Å². The van der Waals surface area contributed by atoms with Crippen molar-refractivity contribution in [2.24, 2.45) is 0 Å². The first-order valence-electron chi connectivity index (χ1n) is 7.09. The van der Waals surface area contributed by atoms with Gasteiger partial charge in [0.25, 0.3) is 5.91 Å². The molecule has 0 radical (unpaired) electrons. The van der Waals surface area contributed by atoms with Crippen LogP contribution in [0.4, 0.5) is 4.39 Å². The Morgan fingerprint density at radius 1 is 1.17 bits per heavy atom. The van der Waals surface area contributed by atoms with Gasteiger partial charge < -0.3 is 20.4 Å². The minimum Gasteiger partial charge on any atom is -0.508 e. The SMILES string of the molecule is CN(C)Cc1cc(CNC(=O)c2ccc(O)cc2O)ccc1F. The summed E-state index contributed by atoms with van der Waals surface area (Å²) in [7, 11) is 3.70. The number of halogens is 1. The highest BCUT2D eigenvalue weighted by atomic mass is 19.1. The standard InChI is InChI=1S/C17H19FN2O3/c1-20(2)10-12-7-11(3-6-15(12)18)9-19-17(23)14-5-4-13(21)8-16(14)22/h3-8,21-22H,9-10H2,1-2H3,(H,19,23). The van der Waals surface area contributed by atoms with Crippen LogP contribution in [0.1, 0.15) is 21.5 Å². The Labute approximate surface area is 134 Å². The highest BCUT2D eigenvalue weighted by molar-refractivity contribution is 5.96. The Morgan fingerprint density at radius 3 is 2.57 bits per heavy atom. The normalized spacial score (nSPS) is 10.8. The van der Waals surface area contributed by atoms with Gasteiger partial charge in [0.05, 0.1) is 5.56 Å². The molecule has 0 fully saturated rings. The summed E-state index contributed by atoms with van der Waals surface area (Å²) < 4.78 is 13.7. The number of hydrogen-bond donors (Lipinski definition) is 3. The van der Waals surface area contributed by atoms with Gasteiger partial charge in [-0.1, -0.05) is 6.07 Å². The quantitative estimate of drug-likeness (QED) is 0.790. The molecule has 0 bridgehead atoms. The number of phenols is 2. The molecule has 0 unspecified atom stereocenters. The molecule has 6 heteroatoms. The lowest BCUT2D eigenvalue weighted by Gasteiger charge is -2.12. The van der Waals surface area contributed by atoms with Crippen LogP contribution in [0.3, 0.4) is 0 Å². The highest BCUT2D eigenvalue weighted by Gasteiger charge is 2.12. The van der Waals surface area contributed by atoms with Crippen molar-refractivity contribution in [3.8, 4) is 11.5 Å². The molecule has 0 saturated carbocycles. The van der Waals surface area contributed by atoms with Gasteiger partial charge in [0.1, 0.15) is 17.3 Å². The average molecular weight is 318 g/mol. The van der Waals surface area contributed by atoms with E-state index < -0.39 is 5.91 Å². The van der Waals surface area contributed by atoms with E-state index in [9.17, 15) is 19.4 Å². The Kier molecular flexibility index (Phi) is 5.18. The van der Waals surface area contributed by atoms with Gasteiger partial charge in [-0.05, 0) is 43.9 Å². The van der Waals surface area contributed by atoms with Crippen LogP contribution in [0, 0.1) is 5.82 Å². The third-order valence-corrected chi connectivity index (χ3v) is 3.28. The third-order valence-electron chi connectivity index (χ3n) is 3.28. The number of nitrogens with one attached hydrogen (secondary N) is 1. The summed E-state index contributed by atoms with van der Waals surface area (Å²) in [6.45, 7) is 0.673. The van der Waals surface area contributed by atoms with E-state index in [0.29, 0.717) is 12.1 Å². The van der Waals surface area contributed by atoms with Crippen molar-refractivity contribution in [2.75, 3.05) is 14.1 Å². The largest absolute Gasteiger partial charge is 0.508 e. The second-order valence-electron chi connectivity index (χ2n) is 5.55. The zero-order valence-corrected chi connectivity index (χ0v) is 13.0. The maximum Gasteiger partial charge on any atom is 0.255 e. The Hall–Kier alpha value is -2.60. The Balaban J connectivity index is 2.07. The van der Waals surface area contributed by atoms with Crippen molar-refractivity contribution in [3.63, 3.8) is 0 Å². The molecule has 0 saturated heterocycles. The number of aromatic hydroxyl groups is 2. The smallest absolute Gasteiger partial charge is 0.255 e. The minimum atomic E-state index is -0.471. The number of carbonyl (C=O) groups is 1. The molecule has 2 aromatic rings. The fourth-order valence-electron chi connectivity index (χ4n) is 2.19. The lowest BCUT2D eigenvalue weighted by molar-refractivity contribution is 0.0948. The predicted octanol–water partition coefficient (Wildman–Crippen LogP) is 2.23. The van der Waals surface area contributed by atoms with Crippen LogP contribution in [0.25, 0.3) is 0 Å². The molecule has 5 nitrogen and oxygen atoms in total. The van der Waals surface area contributed by atoms with Crippen LogP contribution in [0.2, 0.25) is 0 Å². The number of nitrogens with zero attached hydrogens (tertiary/aromatic N) is 1. The van der Waals surface area contributed by atoms with Crippen molar-refractivity contribution in [2.45, 2.75) is 13.1 Å². The fourth-order valence-corrected chi connectivity index (χ4v) is 2.19. The maximum atomic E-state index is 13.7. The van der Waals surface area contributed by atoms with E-state index in [1.54, 1.807) is 12.1 Å². The molecule has 0 heterocycles. The number of hydrogen-bond acceptors (Lipinski definition) is 4. The molecular weight excluding hydrogens is 299 g/mol. The van der Waals surface area contributed by atoms with Crippen LogP contribution in [-0.2, 0) is 13.1 Å². The lowest BCUT2D eigenvalue weighted by Crippen LogP contribution is -2.23. The summed E-state index contributed by atoms with van der Waals surface area (Å²) in [5, 5.41) is 21.5. The van der Waals surface area contributed by atoms with Gasteiger partial charge in [0.15, 0.2) is 0 Å². The summed E-state index contributed by atoms with van der Waals surface area (Å²) in [5.41, 5.74) is 1.38. The summed E-state index contributed by atoms with van der Waals surface area (Å²) >= 11 is 0. The van der Waals surface area contributed by atoms with E-state index >= 15 is 0 Å². The first-order chi connectivity index (χ1) is 10.9. The molecule has 0 atom stereocenters. The molecule has 122 valence electrons. The van der Waals surface area contributed by atoms with E-state index in [0.717, 1.165) is 11.6 Å². The second kappa shape index (κ2) is 7.11. The Bertz CT molecular complexity index is 717. The molecule has 23 heavy (non-hydrogen) atoms. The summed E-state index contributed by atoms with van der Waals surface area (Å²) in [6.07, 6.45) is 0. The van der Waals surface area contributed by atoms with Crippen LogP contribution < -0.4 is 5.32 Å². The summed E-state index contributed by atoms with van der Waals surface area (Å²) in [4.78, 5) is 13.9. The summed E-state index contributed by atoms with van der Waals surface area (Å²) in [5.74, 6) is -1.17. The van der Waals surface area contributed by atoms with E-state index in [1.165, 1.54) is 18.2 Å². The topological polar surface area (TPSA) is 72.8 Å². The first-order valence-corrected chi connectivity index (χ1v) is 7.09. The maximum absolute atomic E-state index is 13.7. The third kappa shape index (κ3) is 4.43. The van der Waals surface area contributed by atoms with Gasteiger partial charge in [0, 0.05) is 24.7 Å². The molecule has 0 spiro atoms. The molecule has 0 aliphatic carbocycles. The van der Waals surface area contributed by atoms with Crippen molar-refractivity contribution < 1.29 is 19.4 Å². The lowest BCUT2D eigenvalue weighted by atomic mass is 10.1. The van der Waals surface area contributed by atoms with Gasteiger partial charge in [-0.3, -0.25) is 4.79 Å². The number of benzene rings is 2. The van der Waals surface area contributed by atoms with Crippen molar-refractivity contribution in [3.05, 3.63) is 58.9 Å². The summed E-state index contributed by atoms with van der Waals surface area (Å²) in [6, 6.07) is 8.43. The van der Waals surface area contributed by atoms with Gasteiger partial charge in [0.2, 0.25) is 0 Å². The van der Waals surface area contributed by atoms with Crippen LogP contribution in [0.5, 0.6) is 11.5 Å². The zero-order chi connectivity index (χ0) is 17.0. The molecule has 2 rings (SSSR count). The highest BCUT2D eigenvalue weighted by Crippen LogP contribution is 2.22. The fraction of sp³-hybridized carbons (Fsp3) is 0.235. The van der Waals surface area contributed by atoms with Gasteiger partial charge in [-0.15, -0.1) is 0 Å². The van der Waals surface area contributed by atoms with Crippen molar-refractivity contribution >= 4 is 5.91 Å². The van der Waals surface area contributed by atoms with Crippen LogP contribution in [0.15, 0.2) is 36.4 Å². The second-order valence-corrected chi connectivity index (χ2v) is 5.55. The van der Waals surface area contributed by atoms with E-state index in [4.69, 9.17) is 0 Å². The predicted molar refractivity (Wildman–Crippen MR) is 84.7 cm³/mol. The molecule has 0 aromatic heterocycles. The molecule has 2 aromatic carbocycles. The number of phenolic OH excluding ortho intramolecular Hbond substituents is 2. The van der Waals surface area contributed by atoms with Crippen LogP contribution in [-0.4, -0.2) is 35.1 Å². The van der Waals surface area contributed by atoms with Gasteiger partial charge in [-0.2, -0.15) is 0 Å². The van der Waals surface area contributed by atoms with E-state index in [1.807, 2.05) is 19.0 Å². The number of amides is 1. The number of carbonyl (C=O) groups excluding carboxylic acids is 1. The molecule has 3 N–H and O–H groups in total. The van der Waals surface area contributed by atoms with Gasteiger partial charge in [-0.25, -0.2) is 4.39 Å². The number of rotatable bonds is 5. The molecule has 0 aliphatic rings. The average Bonchev–Trinajstić information content (AvgIpc) is 2.47. The van der Waals surface area contributed by atoms with E-state index in [-0.39, 0.29) is 29.4 Å². The van der Waals surface area contributed by atoms with E-state index in [2.05, 4.69) is 5.32 Å². The minimum absolute atomic E-state index is 0.0680. The molecule has 1 amide bonds. The zero-order valence-electron chi connectivity index (χ0n) is 13.0. The van der Waals surface area contributed by atoms with Crippen molar-refractivity contribution in [1.82, 2.24) is 10.2 Å². The first kappa shape index (κ1) is 16.8.